The second-order valence-electron chi connectivity index (χ2n) is 7.85. The number of Topliss-reactive ketones (excluding diaryl/α,β-unsaturated/α-hetero) is 1. The Hall–Kier alpha value is -4.32. The molecule has 2 heterocycles. The van der Waals surface area contributed by atoms with Gasteiger partial charge in [-0.2, -0.15) is 0 Å². The lowest BCUT2D eigenvalue weighted by Gasteiger charge is -2.25. The lowest BCUT2D eigenvalue weighted by Crippen LogP contribution is -2.29. The highest BCUT2D eigenvalue weighted by molar-refractivity contribution is 6.51. The van der Waals surface area contributed by atoms with E-state index in [2.05, 4.69) is 4.98 Å². The number of nitrogens with one attached hydrogen (secondary N) is 1. The van der Waals surface area contributed by atoms with Gasteiger partial charge in [0, 0.05) is 28.4 Å². The van der Waals surface area contributed by atoms with Crippen LogP contribution in [0.3, 0.4) is 0 Å². The lowest BCUT2D eigenvalue weighted by molar-refractivity contribution is -0.132. The van der Waals surface area contributed by atoms with Crippen LogP contribution in [0.1, 0.15) is 22.7 Å². The van der Waals surface area contributed by atoms with Crippen LogP contribution in [0.5, 0.6) is 5.75 Å². The summed E-state index contributed by atoms with van der Waals surface area (Å²) in [6.07, 6.45) is 1.62. The summed E-state index contributed by atoms with van der Waals surface area (Å²) in [5.41, 5.74) is 3.21. The number of aromatic nitrogens is 1. The zero-order valence-corrected chi connectivity index (χ0v) is 17.2. The Labute approximate surface area is 184 Å². The molecule has 158 valence electrons. The quantitative estimate of drug-likeness (QED) is 0.250. The van der Waals surface area contributed by atoms with Crippen LogP contribution in [0, 0.1) is 6.92 Å². The van der Waals surface area contributed by atoms with E-state index < -0.39 is 17.7 Å². The molecule has 1 amide bonds. The third kappa shape index (κ3) is 3.04. The van der Waals surface area contributed by atoms with Gasteiger partial charge in [-0.15, -0.1) is 0 Å². The molecule has 32 heavy (non-hydrogen) atoms. The molecule has 0 bridgehead atoms. The number of ketones is 1. The standard InChI is InChI=1S/C26H20N2O4/c1-15-6-4-8-17(12-15)28-23(16-7-5-9-18(29)13-16)22(25(31)26(28)32)24(30)20-14-27-21-11-3-2-10-19(20)21/h2-14,23,27,29-30H,1H3/b24-22-. The molecule has 3 N–H and O–H groups in total. The SMILES string of the molecule is Cc1cccc(N2C(=O)C(=O)/C(=C(\O)c3c[nH]c4ccccc34)C2c2cccc(O)c2)c1. The van der Waals surface area contributed by atoms with Gasteiger partial charge in [-0.3, -0.25) is 14.5 Å². The lowest BCUT2D eigenvalue weighted by atomic mass is 9.94. The van der Waals surface area contributed by atoms with Gasteiger partial charge >= 0.3 is 0 Å². The first-order chi connectivity index (χ1) is 15.5. The monoisotopic (exact) mass is 424 g/mol. The minimum atomic E-state index is -0.891. The molecule has 1 unspecified atom stereocenters. The largest absolute Gasteiger partial charge is 0.508 e. The molecule has 6 heteroatoms. The topological polar surface area (TPSA) is 93.6 Å². The van der Waals surface area contributed by atoms with E-state index in [0.29, 0.717) is 16.8 Å². The average Bonchev–Trinajstić information content (AvgIpc) is 3.33. The van der Waals surface area contributed by atoms with E-state index in [-0.39, 0.29) is 17.1 Å². The number of carbonyl (C=O) groups excluding carboxylic acids is 2. The van der Waals surface area contributed by atoms with Crippen molar-refractivity contribution < 1.29 is 19.8 Å². The molecule has 1 aromatic heterocycles. The summed E-state index contributed by atoms with van der Waals surface area (Å²) in [6, 6.07) is 20.2. The molecule has 3 aromatic carbocycles. The molecule has 5 rings (SSSR count). The molecule has 1 aliphatic rings. The van der Waals surface area contributed by atoms with Gasteiger partial charge in [0.2, 0.25) is 0 Å². The third-order valence-electron chi connectivity index (χ3n) is 5.75. The van der Waals surface area contributed by atoms with Crippen LogP contribution in [0.25, 0.3) is 16.7 Å². The Morgan fingerprint density at radius 2 is 1.75 bits per heavy atom. The highest BCUT2D eigenvalue weighted by Gasteiger charge is 2.47. The fourth-order valence-corrected chi connectivity index (χ4v) is 4.30. The predicted octanol–water partition coefficient (Wildman–Crippen LogP) is 4.81. The van der Waals surface area contributed by atoms with Crippen molar-refractivity contribution in [1.82, 2.24) is 4.98 Å². The number of aromatic hydroxyl groups is 1. The number of anilines is 1. The number of rotatable bonds is 3. The number of aliphatic hydroxyl groups excluding tert-OH is 1. The van der Waals surface area contributed by atoms with Crippen LogP contribution in [-0.2, 0) is 9.59 Å². The summed E-state index contributed by atoms with van der Waals surface area (Å²) in [5, 5.41) is 22.1. The van der Waals surface area contributed by atoms with Crippen LogP contribution < -0.4 is 4.90 Å². The number of fused-ring (bicyclic) bond motifs is 1. The number of para-hydroxylation sites is 1. The maximum Gasteiger partial charge on any atom is 0.300 e. The van der Waals surface area contributed by atoms with E-state index in [1.54, 1.807) is 24.4 Å². The maximum atomic E-state index is 13.2. The number of hydrogen-bond donors (Lipinski definition) is 3. The van der Waals surface area contributed by atoms with Crippen molar-refractivity contribution in [2.45, 2.75) is 13.0 Å². The number of carbonyl (C=O) groups is 2. The van der Waals surface area contributed by atoms with Crippen LogP contribution in [0.15, 0.2) is 84.6 Å². The Morgan fingerprint density at radius 3 is 2.53 bits per heavy atom. The van der Waals surface area contributed by atoms with Crippen molar-refractivity contribution in [3.63, 3.8) is 0 Å². The van der Waals surface area contributed by atoms with Gasteiger partial charge in [-0.05, 0) is 48.4 Å². The maximum absolute atomic E-state index is 13.2. The Kier molecular flexibility index (Phi) is 4.56. The minimum absolute atomic E-state index is 0.00410. The second-order valence-corrected chi connectivity index (χ2v) is 7.85. The first-order valence-electron chi connectivity index (χ1n) is 10.2. The zero-order chi connectivity index (χ0) is 22.4. The highest BCUT2D eigenvalue weighted by Crippen LogP contribution is 2.43. The number of benzene rings is 3. The average molecular weight is 424 g/mol. The van der Waals surface area contributed by atoms with Crippen LogP contribution >= 0.6 is 0 Å². The Balaban J connectivity index is 1.77. The van der Waals surface area contributed by atoms with E-state index in [4.69, 9.17) is 0 Å². The van der Waals surface area contributed by atoms with Crippen molar-refractivity contribution in [2.24, 2.45) is 0 Å². The van der Waals surface area contributed by atoms with Crippen LogP contribution in [-0.4, -0.2) is 26.9 Å². The van der Waals surface area contributed by atoms with Crippen molar-refractivity contribution >= 4 is 34.0 Å². The fourth-order valence-electron chi connectivity index (χ4n) is 4.30. The molecular formula is C26H20N2O4. The fraction of sp³-hybridized carbons (Fsp3) is 0.0769. The number of aliphatic hydroxyl groups is 1. The number of amides is 1. The number of aryl methyl sites for hydroxylation is 1. The van der Waals surface area contributed by atoms with Gasteiger partial charge in [0.15, 0.2) is 0 Å². The number of nitrogens with zero attached hydrogens (tertiary/aromatic N) is 1. The summed E-state index contributed by atoms with van der Waals surface area (Å²) in [4.78, 5) is 30.9. The minimum Gasteiger partial charge on any atom is -0.508 e. The summed E-state index contributed by atoms with van der Waals surface area (Å²) >= 11 is 0. The van der Waals surface area contributed by atoms with Gasteiger partial charge in [0.1, 0.15) is 11.5 Å². The Bertz CT molecular complexity index is 1420. The smallest absolute Gasteiger partial charge is 0.300 e. The second kappa shape index (κ2) is 7.42. The van der Waals surface area contributed by atoms with Gasteiger partial charge in [-0.1, -0.05) is 42.5 Å². The molecule has 0 radical (unpaired) electrons. The predicted molar refractivity (Wildman–Crippen MR) is 122 cm³/mol. The first kappa shape index (κ1) is 19.6. The zero-order valence-electron chi connectivity index (χ0n) is 17.2. The summed E-state index contributed by atoms with van der Waals surface area (Å²) in [7, 11) is 0. The number of phenols is 1. The van der Waals surface area contributed by atoms with Crippen LogP contribution in [0.2, 0.25) is 0 Å². The van der Waals surface area contributed by atoms with Gasteiger partial charge in [0.05, 0.1) is 11.6 Å². The van der Waals surface area contributed by atoms with Gasteiger partial charge in [0.25, 0.3) is 11.7 Å². The van der Waals surface area contributed by atoms with E-state index in [9.17, 15) is 19.8 Å². The molecule has 1 fully saturated rings. The molecule has 1 saturated heterocycles. The summed E-state index contributed by atoms with van der Waals surface area (Å²) < 4.78 is 0. The van der Waals surface area contributed by atoms with Crippen molar-refractivity contribution in [3.05, 3.63) is 101 Å². The molecule has 4 aromatic rings. The molecule has 6 nitrogen and oxygen atoms in total. The van der Waals surface area contributed by atoms with Crippen molar-refractivity contribution in [2.75, 3.05) is 4.90 Å². The third-order valence-corrected chi connectivity index (χ3v) is 5.75. The normalized spacial score (nSPS) is 17.9. The van der Waals surface area contributed by atoms with E-state index in [0.717, 1.165) is 16.5 Å². The van der Waals surface area contributed by atoms with E-state index in [1.165, 1.54) is 17.0 Å². The molecule has 1 atom stereocenters. The van der Waals surface area contributed by atoms with Crippen molar-refractivity contribution in [3.8, 4) is 5.75 Å². The molecule has 0 saturated carbocycles. The Morgan fingerprint density at radius 1 is 0.969 bits per heavy atom. The molecule has 0 aliphatic carbocycles. The van der Waals surface area contributed by atoms with Gasteiger partial charge < -0.3 is 15.2 Å². The van der Waals surface area contributed by atoms with E-state index in [1.807, 2.05) is 49.4 Å². The first-order valence-corrected chi connectivity index (χ1v) is 10.2. The molecule has 0 spiro atoms. The summed E-state index contributed by atoms with van der Waals surface area (Å²) in [5.74, 6) is -1.76. The number of hydrogen-bond acceptors (Lipinski definition) is 4. The van der Waals surface area contributed by atoms with Crippen molar-refractivity contribution in [1.29, 1.82) is 0 Å². The number of aromatic amines is 1. The van der Waals surface area contributed by atoms with E-state index >= 15 is 0 Å². The van der Waals surface area contributed by atoms with Crippen LogP contribution in [0.4, 0.5) is 5.69 Å². The molecular weight excluding hydrogens is 404 g/mol. The number of H-pyrrole nitrogens is 1. The molecule has 1 aliphatic heterocycles. The highest BCUT2D eigenvalue weighted by atomic mass is 16.3. The summed E-state index contributed by atoms with van der Waals surface area (Å²) in [6.45, 7) is 1.90. The number of phenolic OH excluding ortho intramolecular Hbond substituents is 1. The van der Waals surface area contributed by atoms with Gasteiger partial charge in [-0.25, -0.2) is 0 Å².